The number of halogens is 1. The number of aromatic nitrogens is 15. The summed E-state index contributed by atoms with van der Waals surface area (Å²) in [6.45, 7) is 7.17. The van der Waals surface area contributed by atoms with Crippen LogP contribution in [0.25, 0.3) is 61.6 Å². The summed E-state index contributed by atoms with van der Waals surface area (Å²) in [5.41, 5.74) is 1.80. The monoisotopic (exact) mass is 1650 g/mol. The largest absolute Gasteiger partial charge is 0.548 e. The number of hydrogen-bond acceptors (Lipinski definition) is 32. The van der Waals surface area contributed by atoms with Gasteiger partial charge in [-0.25, -0.2) is 46.6 Å². The van der Waals surface area contributed by atoms with E-state index in [-0.39, 0.29) is 126 Å². The number of morpholine rings is 1. The highest BCUT2D eigenvalue weighted by Crippen LogP contribution is 2.45. The number of nitrogens with one attached hydrogen (secondary N) is 1. The molecule has 0 spiro atoms. The van der Waals surface area contributed by atoms with Crippen LogP contribution in [0.5, 0.6) is 17.2 Å². The van der Waals surface area contributed by atoms with E-state index >= 15 is 0 Å². The Hall–Kier alpha value is -13.4. The zero-order valence-electron chi connectivity index (χ0n) is 62.8. The van der Waals surface area contributed by atoms with Gasteiger partial charge in [0.05, 0.1) is 146 Å². The van der Waals surface area contributed by atoms with Crippen molar-refractivity contribution in [2.45, 2.75) is 70.5 Å². The number of carboxylic acid groups (broad SMARTS) is 6. The van der Waals surface area contributed by atoms with E-state index < -0.39 is 80.7 Å². The number of ether oxygens (including phenoxy) is 6. The average Bonchev–Trinajstić information content (AvgIpc) is 1.06. The van der Waals surface area contributed by atoms with Crippen LogP contribution in [-0.2, 0) is 55.7 Å². The topological polar surface area (TPSA) is 541 Å². The van der Waals surface area contributed by atoms with Crippen LogP contribution in [-0.4, -0.2) is 195 Å². The zero-order chi connectivity index (χ0) is 84.5. The minimum Gasteiger partial charge on any atom is -0.548 e. The van der Waals surface area contributed by atoms with Crippen LogP contribution in [0.4, 0.5) is 0 Å². The molecule has 1 aliphatic carbocycles. The molecule has 0 unspecified atom stereocenters. The number of benzene rings is 3. The minimum atomic E-state index is -4.02. The second kappa shape index (κ2) is 36.2. The molecule has 12 aromatic rings. The van der Waals surface area contributed by atoms with E-state index in [1.807, 2.05) is 13.8 Å². The number of fused-ring (bicyclic) bond motifs is 4. The average molecular weight is 1650 g/mol. The first-order chi connectivity index (χ1) is 55.2. The van der Waals surface area contributed by atoms with Crippen LogP contribution in [0.2, 0.25) is 5.02 Å². The Morgan fingerprint density at radius 3 is 1.97 bits per heavy atom. The summed E-state index contributed by atoms with van der Waals surface area (Å²) in [5, 5.41) is 83.7. The van der Waals surface area contributed by atoms with Crippen LogP contribution in [0, 0.1) is 18.6 Å². The molecule has 116 heavy (non-hydrogen) atoms. The van der Waals surface area contributed by atoms with Gasteiger partial charge in [0.15, 0.2) is 33.3 Å². The van der Waals surface area contributed by atoms with Gasteiger partial charge in [-0.1, -0.05) is 29.8 Å². The highest BCUT2D eigenvalue weighted by Gasteiger charge is 2.35. The lowest BCUT2D eigenvalue weighted by Gasteiger charge is -2.28. The lowest BCUT2D eigenvalue weighted by atomic mass is 10.1. The molecule has 1 saturated carbocycles. The number of carboxylic acids is 6. The van der Waals surface area contributed by atoms with Crippen molar-refractivity contribution in [1.29, 1.82) is 0 Å². The predicted molar refractivity (Wildman–Crippen MR) is 397 cm³/mol. The van der Waals surface area contributed by atoms with Crippen LogP contribution < -0.4 is 61.7 Å². The fourth-order valence-electron chi connectivity index (χ4n) is 12.1. The summed E-state index contributed by atoms with van der Waals surface area (Å²) in [6.07, 6.45) is 6.90. The van der Waals surface area contributed by atoms with Gasteiger partial charge in [0.25, 0.3) is 11.1 Å². The number of carbonyl (C=O) groups excluding carboxylic acids is 7. The molecule has 43 heteroatoms. The van der Waals surface area contributed by atoms with Gasteiger partial charge in [-0.2, -0.15) is 24.7 Å². The number of nitrogens with zero attached hydrogens (tertiary/aromatic N) is 15. The number of rotatable bonds is 22. The minimum absolute atomic E-state index is 0.0143. The molecule has 608 valence electrons. The zero-order valence-corrected chi connectivity index (χ0v) is 65.2. The summed E-state index contributed by atoms with van der Waals surface area (Å²) in [7, 11) is 4.33. The molecular weight excluding hydrogens is 1580 g/mol. The van der Waals surface area contributed by atoms with Gasteiger partial charge < -0.3 is 92.4 Å². The van der Waals surface area contributed by atoms with Gasteiger partial charge in [-0.3, -0.25) is 28.5 Å². The Kier molecular flexibility index (Phi) is 26.5. The lowest BCUT2D eigenvalue weighted by molar-refractivity contribution is -0.306. The third-order valence-electron chi connectivity index (χ3n) is 17.7. The number of methoxy groups -OCH3 is 5. The van der Waals surface area contributed by atoms with E-state index in [1.165, 1.54) is 75.2 Å². The molecule has 0 amide bonds. The number of esters is 1. The number of aryl methyl sites for hydroxylation is 5. The number of pyridine rings is 1. The first-order valence-corrected chi connectivity index (χ1v) is 36.7. The summed E-state index contributed by atoms with van der Waals surface area (Å²) >= 11 is 11.3. The molecule has 14 rings (SSSR count). The normalized spacial score (nSPS) is 12.6. The Morgan fingerprint density at radius 2 is 1.38 bits per heavy atom. The van der Waals surface area contributed by atoms with E-state index in [9.17, 15) is 87.0 Å². The quantitative estimate of drug-likeness (QED) is 0.0464. The molecule has 1 saturated heterocycles. The van der Waals surface area contributed by atoms with Crippen LogP contribution >= 0.6 is 23.8 Å². The van der Waals surface area contributed by atoms with Gasteiger partial charge >= 0.3 is 11.7 Å². The molecule has 0 bridgehead atoms. The number of aromatic carboxylic acids is 5. The van der Waals surface area contributed by atoms with Gasteiger partial charge in [0.2, 0.25) is 15.8 Å². The van der Waals surface area contributed by atoms with Crippen molar-refractivity contribution < 1.29 is 101 Å². The number of para-hydroxylation sites is 1. The maximum atomic E-state index is 12.9. The van der Waals surface area contributed by atoms with Crippen LogP contribution in [0.1, 0.15) is 112 Å². The van der Waals surface area contributed by atoms with Gasteiger partial charge in [0.1, 0.15) is 16.2 Å². The molecule has 2 aliphatic rings. The first kappa shape index (κ1) is 85.0. The molecule has 40 nitrogen and oxygen atoms in total. The van der Waals surface area contributed by atoms with Gasteiger partial charge in [0, 0.05) is 98.7 Å². The van der Waals surface area contributed by atoms with Gasteiger partial charge in [-0.05, 0) is 112 Å². The van der Waals surface area contributed by atoms with Crippen molar-refractivity contribution in [1.82, 2.24) is 76.7 Å². The van der Waals surface area contributed by atoms with E-state index in [2.05, 4.69) is 40.3 Å². The van der Waals surface area contributed by atoms with E-state index in [0.29, 0.717) is 53.9 Å². The molecule has 1 aliphatic heterocycles. The van der Waals surface area contributed by atoms with E-state index in [1.54, 1.807) is 77.7 Å². The smallest absolute Gasteiger partial charge is 0.356 e. The Labute approximate surface area is 664 Å². The first-order valence-electron chi connectivity index (χ1n) is 34.5. The molecule has 0 radical (unpaired) electrons. The molecule has 2 fully saturated rings. The molecular formula is C73H67ClN16O24S2-6. The second-order valence-corrected chi connectivity index (χ2v) is 27.8. The van der Waals surface area contributed by atoms with Crippen molar-refractivity contribution in [3.63, 3.8) is 0 Å². The second-order valence-electron chi connectivity index (χ2n) is 25.1. The van der Waals surface area contributed by atoms with E-state index in [4.69, 9.17) is 52.2 Å². The summed E-state index contributed by atoms with van der Waals surface area (Å²) < 4.78 is 66.2. The fourth-order valence-corrected chi connectivity index (χ4v) is 14.1. The third-order valence-corrected chi connectivity index (χ3v) is 20.4. The Bertz CT molecular complexity index is 6270. The number of carbonyl (C=O) groups is 7. The number of aromatic amines is 1. The van der Waals surface area contributed by atoms with Gasteiger partial charge in [-0.15, -0.1) is 0 Å². The number of H-pyrrole nitrogens is 1. The number of aliphatic carboxylic acids is 1. The fraction of sp³-hybridized carbons (Fsp3) is 0.288. The predicted octanol–water partition coefficient (Wildman–Crippen LogP) is -1.38. The standard InChI is InChI=1S/C17H13ClN2O4.C15H17N3O4S.C14H13N5O4.C14H19NO8S.C13H11N5O4/c1-10-6-7-11(8-13(10)18)20-16(23)12-4-2-3-5-14(12)19(17(20)24)9-15(21)22;1-22-6-2-5-18-12-11(13(19)17-15(18)23)9(14(20)21)7-10(16-12)8-3-4-8;1-7-8(6-18(2)16-7)9-4-11(14(22)23-3)19-12(15-9)5-10(17-19)13(20)21;1-20-11-9(14(16)17)8-10(12(21-2)13(11)22-3)24(18,19)15-4-6-23-7-5-15;1-2-17-9(3-4-14-17)8-5-10(13(21)22)18-11(16-8)7(6-15-18)12(19)20/h2-8H,9H2,1H3,(H,21,22);7-8H,2-6H2,1H3,(H,20,21)(H,17,19,23);4-6H,1-3H3,(H,20,21);8H,4-7H2,1-3H3,(H,16,17);3-6H,2H2,1H3,(H,19,20)(H,21,22)/p-6. The molecule has 3 aromatic carbocycles. The van der Waals surface area contributed by atoms with Crippen molar-refractivity contribution in [2.24, 2.45) is 7.05 Å². The summed E-state index contributed by atoms with van der Waals surface area (Å²) in [4.78, 5) is 132. The van der Waals surface area contributed by atoms with Crippen molar-refractivity contribution in [3.05, 3.63) is 189 Å². The van der Waals surface area contributed by atoms with E-state index in [0.717, 1.165) is 60.1 Å². The maximum Gasteiger partial charge on any atom is 0.356 e. The number of sulfonamides is 1. The molecule has 10 heterocycles. The van der Waals surface area contributed by atoms with Crippen LogP contribution in [0.3, 0.4) is 0 Å². The van der Waals surface area contributed by atoms with Crippen molar-refractivity contribution in [3.8, 4) is 45.6 Å². The highest BCUT2D eigenvalue weighted by atomic mass is 35.5. The maximum absolute atomic E-state index is 12.9. The lowest BCUT2D eigenvalue weighted by Crippen LogP contribution is -2.42. The summed E-state index contributed by atoms with van der Waals surface area (Å²) in [5.74, 6) is -9.69. The highest BCUT2D eigenvalue weighted by molar-refractivity contribution is 7.89. The Morgan fingerprint density at radius 1 is 0.707 bits per heavy atom. The van der Waals surface area contributed by atoms with Crippen molar-refractivity contribution >= 4 is 109 Å². The SMILES string of the molecule is CCn1nccc1-c1cc(C(=O)[O-])n2ncc(C(=O)[O-])c2n1.COC(=O)c1cc(-c2cn(C)nc2C)nc2cc(C(=O)[O-])nn12.COCCCn1c(=S)[nH]c(=O)c2c(C(=O)[O-])cc(C3CC3)nc21.COc1c(C(=O)[O-])cc(S(=O)(=O)N2CCOCC2)c(OC)c1OC.Cc1ccc(-n2c(=O)c3ccccc3n(CC(=O)[O-])c2=O)cc1Cl. The van der Waals surface area contributed by atoms with Crippen LogP contribution in [0.15, 0.2) is 117 Å². The Balaban J connectivity index is 0.000000153. The molecule has 1 N–H and O–H groups in total. The van der Waals surface area contributed by atoms with Crippen molar-refractivity contribution in [2.75, 3.05) is 68.5 Å². The summed E-state index contributed by atoms with van der Waals surface area (Å²) in [6, 6.07) is 19.1. The number of hydrogen-bond donors (Lipinski definition) is 1. The third kappa shape index (κ3) is 18.0. The molecule has 0 atom stereocenters. The molecule has 9 aromatic heterocycles.